The van der Waals surface area contributed by atoms with Crippen molar-refractivity contribution in [3.05, 3.63) is 53.2 Å². The van der Waals surface area contributed by atoms with Gasteiger partial charge in [-0.2, -0.15) is 0 Å². The van der Waals surface area contributed by atoms with Crippen LogP contribution in [0.2, 0.25) is 0 Å². The van der Waals surface area contributed by atoms with Gasteiger partial charge in [-0.05, 0) is 43.5 Å². The Balaban J connectivity index is 1.96. The van der Waals surface area contributed by atoms with E-state index in [-0.39, 0.29) is 0 Å². The number of aromatic nitrogens is 1. The second-order valence-electron chi connectivity index (χ2n) is 4.49. The number of nitrogens with two attached hydrogens (primary N) is 1. The lowest BCUT2D eigenvalue weighted by Gasteiger charge is -2.10. The first-order valence-electron chi connectivity index (χ1n) is 6.18. The van der Waals surface area contributed by atoms with Gasteiger partial charge in [0.1, 0.15) is 5.82 Å². The molecule has 0 radical (unpaired) electrons. The highest BCUT2D eigenvalue weighted by Gasteiger charge is 2.01. The maximum Gasteiger partial charge on any atom is 0.149 e. The molecule has 0 bridgehead atoms. The van der Waals surface area contributed by atoms with Crippen LogP contribution in [0.4, 0.5) is 11.5 Å². The first kappa shape index (κ1) is 12.4. The van der Waals surface area contributed by atoms with Crippen molar-refractivity contribution in [1.29, 1.82) is 0 Å². The van der Waals surface area contributed by atoms with Crippen molar-refractivity contribution < 1.29 is 0 Å². The zero-order valence-corrected chi connectivity index (χ0v) is 10.9. The summed E-state index contributed by atoms with van der Waals surface area (Å²) >= 11 is 0. The summed E-state index contributed by atoms with van der Waals surface area (Å²) in [6, 6.07) is 12.2. The molecule has 0 fully saturated rings. The Bertz CT molecular complexity index is 535. The van der Waals surface area contributed by atoms with Gasteiger partial charge in [-0.25, -0.2) is 4.98 Å². The first-order valence-corrected chi connectivity index (χ1v) is 6.18. The Morgan fingerprint density at radius 3 is 2.67 bits per heavy atom. The summed E-state index contributed by atoms with van der Waals surface area (Å²) < 4.78 is 0. The zero-order chi connectivity index (χ0) is 13.0. The third-order valence-corrected chi connectivity index (χ3v) is 3.01. The quantitative estimate of drug-likeness (QED) is 0.865. The van der Waals surface area contributed by atoms with Crippen LogP contribution in [-0.2, 0) is 6.42 Å². The third-order valence-electron chi connectivity index (χ3n) is 3.01. The van der Waals surface area contributed by atoms with Gasteiger partial charge in [-0.3, -0.25) is 0 Å². The fourth-order valence-electron chi connectivity index (χ4n) is 1.92. The van der Waals surface area contributed by atoms with E-state index in [1.807, 2.05) is 19.1 Å². The second kappa shape index (κ2) is 5.54. The van der Waals surface area contributed by atoms with Crippen molar-refractivity contribution in [1.82, 2.24) is 4.98 Å². The molecular formula is C15H19N3. The van der Waals surface area contributed by atoms with Gasteiger partial charge in [0.05, 0.1) is 5.69 Å². The van der Waals surface area contributed by atoms with Crippen LogP contribution in [-0.4, -0.2) is 11.5 Å². The molecule has 3 N–H and O–H groups in total. The number of nitrogens with zero attached hydrogens (tertiary/aromatic N) is 1. The summed E-state index contributed by atoms with van der Waals surface area (Å²) in [7, 11) is 0. The minimum atomic E-state index is 0.699. The number of nitrogens with one attached hydrogen (secondary N) is 1. The lowest BCUT2D eigenvalue weighted by Crippen LogP contribution is -2.09. The minimum absolute atomic E-state index is 0.699. The summed E-state index contributed by atoms with van der Waals surface area (Å²) in [6.45, 7) is 4.94. The van der Waals surface area contributed by atoms with Gasteiger partial charge in [-0.1, -0.05) is 24.3 Å². The highest BCUT2D eigenvalue weighted by atomic mass is 15.0. The van der Waals surface area contributed by atoms with Crippen LogP contribution in [0.1, 0.15) is 16.8 Å². The van der Waals surface area contributed by atoms with Crippen LogP contribution in [0.25, 0.3) is 0 Å². The predicted octanol–water partition coefficient (Wildman–Crippen LogP) is 2.94. The summed E-state index contributed by atoms with van der Waals surface area (Å²) in [6.07, 6.45) is 0.974. The molecule has 0 aliphatic heterocycles. The van der Waals surface area contributed by atoms with Crippen molar-refractivity contribution in [2.75, 3.05) is 17.6 Å². The van der Waals surface area contributed by atoms with E-state index in [0.717, 1.165) is 24.5 Å². The molecule has 0 aliphatic carbocycles. The summed E-state index contributed by atoms with van der Waals surface area (Å²) in [5, 5.41) is 3.29. The zero-order valence-electron chi connectivity index (χ0n) is 10.9. The maximum atomic E-state index is 5.87. The number of rotatable bonds is 4. The van der Waals surface area contributed by atoms with E-state index in [0.29, 0.717) is 5.69 Å². The summed E-state index contributed by atoms with van der Waals surface area (Å²) in [4.78, 5) is 4.39. The fraction of sp³-hybridized carbons (Fsp3) is 0.267. The summed E-state index contributed by atoms with van der Waals surface area (Å²) in [5.74, 6) is 0.781. The number of hydrogen-bond donors (Lipinski definition) is 2. The van der Waals surface area contributed by atoms with Crippen LogP contribution in [0.15, 0.2) is 36.4 Å². The molecule has 1 aromatic heterocycles. The number of pyridine rings is 1. The van der Waals surface area contributed by atoms with Crippen molar-refractivity contribution in [3.8, 4) is 0 Å². The fourth-order valence-corrected chi connectivity index (χ4v) is 1.92. The first-order chi connectivity index (χ1) is 8.66. The van der Waals surface area contributed by atoms with Crippen LogP contribution in [0, 0.1) is 13.8 Å². The molecule has 3 nitrogen and oxygen atoms in total. The van der Waals surface area contributed by atoms with E-state index in [9.17, 15) is 0 Å². The van der Waals surface area contributed by atoms with E-state index in [4.69, 9.17) is 5.73 Å². The Morgan fingerprint density at radius 1 is 1.11 bits per heavy atom. The van der Waals surface area contributed by atoms with Gasteiger partial charge in [0.15, 0.2) is 0 Å². The van der Waals surface area contributed by atoms with Crippen LogP contribution in [0.3, 0.4) is 0 Å². The van der Waals surface area contributed by atoms with Crippen LogP contribution >= 0.6 is 0 Å². The number of nitrogen functional groups attached to an aromatic ring is 1. The average molecular weight is 241 g/mol. The monoisotopic (exact) mass is 241 g/mol. The van der Waals surface area contributed by atoms with Crippen molar-refractivity contribution in [3.63, 3.8) is 0 Å². The molecule has 2 rings (SSSR count). The Kier molecular flexibility index (Phi) is 3.82. The Morgan fingerprint density at radius 2 is 1.89 bits per heavy atom. The smallest absolute Gasteiger partial charge is 0.149 e. The van der Waals surface area contributed by atoms with Gasteiger partial charge in [0, 0.05) is 12.2 Å². The molecule has 18 heavy (non-hydrogen) atoms. The van der Waals surface area contributed by atoms with E-state index < -0.39 is 0 Å². The molecule has 3 heteroatoms. The minimum Gasteiger partial charge on any atom is -0.396 e. The molecule has 1 heterocycles. The van der Waals surface area contributed by atoms with E-state index in [1.54, 1.807) is 0 Å². The highest BCUT2D eigenvalue weighted by Crippen LogP contribution is 2.15. The maximum absolute atomic E-state index is 5.87. The molecule has 0 spiro atoms. The molecule has 0 saturated heterocycles. The van der Waals surface area contributed by atoms with Gasteiger partial charge < -0.3 is 11.1 Å². The number of anilines is 2. The van der Waals surface area contributed by atoms with Gasteiger partial charge in [-0.15, -0.1) is 0 Å². The summed E-state index contributed by atoms with van der Waals surface area (Å²) in [5.41, 5.74) is 10.2. The predicted molar refractivity (Wildman–Crippen MR) is 76.8 cm³/mol. The Hall–Kier alpha value is -2.03. The number of benzene rings is 1. The molecule has 0 atom stereocenters. The molecule has 2 aromatic rings. The molecule has 94 valence electrons. The van der Waals surface area contributed by atoms with Gasteiger partial charge in [0.25, 0.3) is 0 Å². The normalized spacial score (nSPS) is 10.3. The largest absolute Gasteiger partial charge is 0.396 e. The number of hydrogen-bond acceptors (Lipinski definition) is 3. The number of aryl methyl sites for hydroxylation is 2. The van der Waals surface area contributed by atoms with Crippen molar-refractivity contribution in [2.45, 2.75) is 20.3 Å². The van der Waals surface area contributed by atoms with Gasteiger partial charge >= 0.3 is 0 Å². The molecule has 0 aliphatic rings. The standard InChI is InChI=1S/C15H19N3/c1-11-5-3-4-6-13(11)9-10-17-15-14(16)8-7-12(2)18-15/h3-8H,9-10,16H2,1-2H3,(H,17,18). The van der Waals surface area contributed by atoms with Crippen molar-refractivity contribution in [2.24, 2.45) is 0 Å². The Labute approximate surface area is 108 Å². The lowest BCUT2D eigenvalue weighted by atomic mass is 10.1. The van der Waals surface area contributed by atoms with Crippen molar-refractivity contribution >= 4 is 11.5 Å². The van der Waals surface area contributed by atoms with Crippen LogP contribution < -0.4 is 11.1 Å². The molecule has 0 amide bonds. The second-order valence-corrected chi connectivity index (χ2v) is 4.49. The van der Waals surface area contributed by atoms with Crippen LogP contribution in [0.5, 0.6) is 0 Å². The SMILES string of the molecule is Cc1ccc(N)c(NCCc2ccccc2C)n1. The van der Waals surface area contributed by atoms with E-state index >= 15 is 0 Å². The average Bonchev–Trinajstić information content (AvgIpc) is 2.36. The third kappa shape index (κ3) is 3.00. The molecule has 0 saturated carbocycles. The topological polar surface area (TPSA) is 50.9 Å². The molecule has 0 unspecified atom stereocenters. The van der Waals surface area contributed by atoms with E-state index in [2.05, 4.69) is 41.5 Å². The van der Waals surface area contributed by atoms with E-state index in [1.165, 1.54) is 11.1 Å². The lowest BCUT2D eigenvalue weighted by molar-refractivity contribution is 0.990. The highest BCUT2D eigenvalue weighted by molar-refractivity contribution is 5.61. The van der Waals surface area contributed by atoms with Gasteiger partial charge in [0.2, 0.25) is 0 Å². The molecular weight excluding hydrogens is 222 g/mol. The molecule has 1 aromatic carbocycles.